The summed E-state index contributed by atoms with van der Waals surface area (Å²) in [5, 5.41) is 8.77. The number of nitrogens with zero attached hydrogens (tertiary/aromatic N) is 1. The number of benzene rings is 1. The lowest BCUT2D eigenvalue weighted by Crippen LogP contribution is -2.26. The summed E-state index contributed by atoms with van der Waals surface area (Å²) in [5.41, 5.74) is 2.20. The van der Waals surface area contributed by atoms with Crippen molar-refractivity contribution in [3.8, 4) is 0 Å². The van der Waals surface area contributed by atoms with Crippen LogP contribution in [0.4, 0.5) is 4.79 Å². The molecule has 1 aliphatic heterocycles. The standard InChI is InChI=1S/C11H11NO2/c13-11(14)12-7-6-10(8-12)9-4-2-1-3-5-9/h1-6H,7-8H2,(H,13,14). The third kappa shape index (κ3) is 1.62. The van der Waals surface area contributed by atoms with Gasteiger partial charge in [0.05, 0.1) is 0 Å². The molecule has 1 N–H and O–H groups in total. The molecule has 0 radical (unpaired) electrons. The van der Waals surface area contributed by atoms with Crippen LogP contribution < -0.4 is 0 Å². The van der Waals surface area contributed by atoms with Gasteiger partial charge in [0.2, 0.25) is 0 Å². The van der Waals surface area contributed by atoms with E-state index in [-0.39, 0.29) is 0 Å². The van der Waals surface area contributed by atoms with Crippen LogP contribution in [-0.4, -0.2) is 29.2 Å². The SMILES string of the molecule is O=C(O)N1CC=C(c2ccccc2)C1. The van der Waals surface area contributed by atoms with Gasteiger partial charge in [-0.05, 0) is 11.1 Å². The maximum absolute atomic E-state index is 10.7. The van der Waals surface area contributed by atoms with Crippen molar-refractivity contribution < 1.29 is 9.90 Å². The smallest absolute Gasteiger partial charge is 0.407 e. The van der Waals surface area contributed by atoms with Gasteiger partial charge < -0.3 is 10.0 Å². The van der Waals surface area contributed by atoms with Crippen molar-refractivity contribution in [2.75, 3.05) is 13.1 Å². The lowest BCUT2D eigenvalue weighted by molar-refractivity contribution is 0.158. The van der Waals surface area contributed by atoms with E-state index in [9.17, 15) is 4.79 Å². The van der Waals surface area contributed by atoms with Crippen LogP contribution in [0.3, 0.4) is 0 Å². The first-order valence-corrected chi connectivity index (χ1v) is 4.49. The van der Waals surface area contributed by atoms with Crippen molar-refractivity contribution in [2.24, 2.45) is 0 Å². The maximum Gasteiger partial charge on any atom is 0.407 e. The number of hydrogen-bond donors (Lipinski definition) is 1. The summed E-state index contributed by atoms with van der Waals surface area (Å²) in [5.74, 6) is 0. The first kappa shape index (κ1) is 8.81. The molecular weight excluding hydrogens is 178 g/mol. The molecule has 2 rings (SSSR count). The van der Waals surface area contributed by atoms with Crippen LogP contribution in [0.25, 0.3) is 5.57 Å². The van der Waals surface area contributed by atoms with E-state index in [2.05, 4.69) is 0 Å². The Morgan fingerprint density at radius 3 is 2.57 bits per heavy atom. The average molecular weight is 189 g/mol. The van der Waals surface area contributed by atoms with Crippen molar-refractivity contribution in [3.63, 3.8) is 0 Å². The van der Waals surface area contributed by atoms with Crippen molar-refractivity contribution in [1.29, 1.82) is 0 Å². The molecule has 0 spiro atoms. The Kier molecular flexibility index (Phi) is 2.23. The van der Waals surface area contributed by atoms with E-state index in [0.717, 1.165) is 11.1 Å². The molecule has 0 bridgehead atoms. The molecule has 1 heterocycles. The highest BCUT2D eigenvalue weighted by Crippen LogP contribution is 2.20. The van der Waals surface area contributed by atoms with Crippen LogP contribution >= 0.6 is 0 Å². The summed E-state index contributed by atoms with van der Waals surface area (Å²) in [7, 11) is 0. The van der Waals surface area contributed by atoms with E-state index in [0.29, 0.717) is 13.1 Å². The van der Waals surface area contributed by atoms with Crippen LogP contribution in [0.5, 0.6) is 0 Å². The third-order valence-electron chi connectivity index (χ3n) is 2.33. The van der Waals surface area contributed by atoms with Gasteiger partial charge in [0.15, 0.2) is 0 Å². The average Bonchev–Trinajstić information content (AvgIpc) is 2.68. The molecule has 0 unspecified atom stereocenters. The zero-order chi connectivity index (χ0) is 9.97. The second kappa shape index (κ2) is 3.54. The van der Waals surface area contributed by atoms with Gasteiger partial charge in [-0.25, -0.2) is 4.79 Å². The Morgan fingerprint density at radius 1 is 1.29 bits per heavy atom. The van der Waals surface area contributed by atoms with Crippen molar-refractivity contribution in [3.05, 3.63) is 42.0 Å². The van der Waals surface area contributed by atoms with Gasteiger partial charge >= 0.3 is 6.09 Å². The molecule has 0 fully saturated rings. The first-order chi connectivity index (χ1) is 6.77. The fourth-order valence-electron chi connectivity index (χ4n) is 1.56. The molecule has 1 aliphatic rings. The molecule has 1 aromatic carbocycles. The highest BCUT2D eigenvalue weighted by Gasteiger charge is 2.18. The largest absolute Gasteiger partial charge is 0.465 e. The predicted molar refractivity (Wildman–Crippen MR) is 54.0 cm³/mol. The van der Waals surface area contributed by atoms with Crippen molar-refractivity contribution in [1.82, 2.24) is 4.90 Å². The van der Waals surface area contributed by atoms with Crippen LogP contribution in [0.15, 0.2) is 36.4 Å². The molecule has 3 nitrogen and oxygen atoms in total. The molecule has 14 heavy (non-hydrogen) atoms. The molecule has 0 saturated heterocycles. The number of hydrogen-bond acceptors (Lipinski definition) is 1. The molecular formula is C11H11NO2. The van der Waals surface area contributed by atoms with Gasteiger partial charge in [0, 0.05) is 13.1 Å². The quantitative estimate of drug-likeness (QED) is 0.734. The van der Waals surface area contributed by atoms with E-state index >= 15 is 0 Å². The molecule has 1 amide bonds. The summed E-state index contributed by atoms with van der Waals surface area (Å²) < 4.78 is 0. The van der Waals surface area contributed by atoms with Crippen molar-refractivity contribution in [2.45, 2.75) is 0 Å². The third-order valence-corrected chi connectivity index (χ3v) is 2.33. The van der Waals surface area contributed by atoms with Gasteiger partial charge in [-0.1, -0.05) is 36.4 Å². The lowest BCUT2D eigenvalue weighted by Gasteiger charge is -2.11. The molecule has 0 aliphatic carbocycles. The number of carboxylic acid groups (broad SMARTS) is 1. The van der Waals surface area contributed by atoms with Crippen LogP contribution in [-0.2, 0) is 0 Å². The van der Waals surface area contributed by atoms with E-state index < -0.39 is 6.09 Å². The molecule has 3 heteroatoms. The van der Waals surface area contributed by atoms with Gasteiger partial charge in [-0.15, -0.1) is 0 Å². The minimum Gasteiger partial charge on any atom is -0.465 e. The summed E-state index contributed by atoms with van der Waals surface area (Å²) >= 11 is 0. The topological polar surface area (TPSA) is 40.5 Å². The molecule has 0 saturated carbocycles. The van der Waals surface area contributed by atoms with E-state index in [1.165, 1.54) is 4.90 Å². The zero-order valence-corrected chi connectivity index (χ0v) is 7.68. The van der Waals surface area contributed by atoms with Crippen LogP contribution in [0.2, 0.25) is 0 Å². The monoisotopic (exact) mass is 189 g/mol. The fourth-order valence-corrected chi connectivity index (χ4v) is 1.56. The van der Waals surface area contributed by atoms with Gasteiger partial charge in [0.25, 0.3) is 0 Å². The molecule has 0 aromatic heterocycles. The second-order valence-electron chi connectivity index (χ2n) is 3.26. The normalized spacial score (nSPS) is 15.4. The summed E-state index contributed by atoms with van der Waals surface area (Å²) in [4.78, 5) is 12.1. The lowest BCUT2D eigenvalue weighted by atomic mass is 10.1. The Bertz CT molecular complexity index is 370. The summed E-state index contributed by atoms with van der Waals surface area (Å²) in [6.07, 6.45) is 1.11. The predicted octanol–water partition coefficient (Wildman–Crippen LogP) is 2.06. The van der Waals surface area contributed by atoms with E-state index in [1.54, 1.807) is 0 Å². The van der Waals surface area contributed by atoms with Gasteiger partial charge in [0.1, 0.15) is 0 Å². The molecule has 0 atom stereocenters. The number of rotatable bonds is 1. The molecule has 72 valence electrons. The highest BCUT2D eigenvalue weighted by atomic mass is 16.4. The van der Waals surface area contributed by atoms with Crippen LogP contribution in [0.1, 0.15) is 5.56 Å². The Balaban J connectivity index is 2.13. The summed E-state index contributed by atoms with van der Waals surface area (Å²) in [6, 6.07) is 9.86. The summed E-state index contributed by atoms with van der Waals surface area (Å²) in [6.45, 7) is 0.999. The van der Waals surface area contributed by atoms with Crippen LogP contribution in [0, 0.1) is 0 Å². The van der Waals surface area contributed by atoms with E-state index in [4.69, 9.17) is 5.11 Å². The zero-order valence-electron chi connectivity index (χ0n) is 7.68. The number of carbonyl (C=O) groups is 1. The Labute approximate surface area is 82.3 Å². The van der Waals surface area contributed by atoms with Gasteiger partial charge in [-0.3, -0.25) is 0 Å². The fraction of sp³-hybridized carbons (Fsp3) is 0.182. The first-order valence-electron chi connectivity index (χ1n) is 4.49. The van der Waals surface area contributed by atoms with Gasteiger partial charge in [-0.2, -0.15) is 0 Å². The maximum atomic E-state index is 10.7. The minimum absolute atomic E-state index is 0.499. The Morgan fingerprint density at radius 2 is 2.00 bits per heavy atom. The minimum atomic E-state index is -0.854. The molecule has 1 aromatic rings. The highest BCUT2D eigenvalue weighted by molar-refractivity contribution is 5.76. The Hall–Kier alpha value is -1.77. The van der Waals surface area contributed by atoms with E-state index in [1.807, 2.05) is 36.4 Å². The van der Waals surface area contributed by atoms with Crippen molar-refractivity contribution >= 4 is 11.7 Å². The second-order valence-corrected chi connectivity index (χ2v) is 3.26. The number of amides is 1.